The van der Waals surface area contributed by atoms with E-state index < -0.39 is 72.0 Å². The molecule has 1 fully saturated rings. The summed E-state index contributed by atoms with van der Waals surface area (Å²) in [6.45, 7) is 19.5. The third-order valence-corrected chi connectivity index (χ3v) is 8.25. The Bertz CT molecular complexity index is 1240. The van der Waals surface area contributed by atoms with Gasteiger partial charge in [-0.1, -0.05) is 36.5 Å². The molecule has 12 heteroatoms. The van der Waals surface area contributed by atoms with Crippen LogP contribution in [-0.4, -0.2) is 97.6 Å². The first-order valence-corrected chi connectivity index (χ1v) is 15.9. The predicted molar refractivity (Wildman–Crippen MR) is 179 cm³/mol. The van der Waals surface area contributed by atoms with Gasteiger partial charge >= 0.3 is 17.9 Å². The molecule has 0 bridgehead atoms. The lowest BCUT2D eigenvalue weighted by atomic mass is 9.96. The van der Waals surface area contributed by atoms with Gasteiger partial charge in [-0.15, -0.1) is 19.7 Å². The van der Waals surface area contributed by atoms with Crippen molar-refractivity contribution >= 4 is 17.9 Å². The minimum atomic E-state index is -1.72. The number of aliphatic carboxylic acids is 1. The first-order chi connectivity index (χ1) is 22.2. The number of hydrogen-bond donors (Lipinski definition) is 5. The average molecular weight is 679 g/mol. The summed E-state index contributed by atoms with van der Waals surface area (Å²) in [4.78, 5) is 37.6. The fraction of sp³-hybridized carbons (Fsp3) is 0.583. The van der Waals surface area contributed by atoms with Gasteiger partial charge in [0.1, 0.15) is 12.2 Å². The number of aliphatic hydroxyl groups is 4. The number of carboxylic acid groups (broad SMARTS) is 1. The van der Waals surface area contributed by atoms with Gasteiger partial charge in [0, 0.05) is 16.7 Å². The van der Waals surface area contributed by atoms with E-state index in [2.05, 4.69) is 19.7 Å². The summed E-state index contributed by atoms with van der Waals surface area (Å²) in [5.41, 5.74) is -3.00. The van der Waals surface area contributed by atoms with Crippen LogP contribution in [0.1, 0.15) is 80.1 Å². The monoisotopic (exact) mass is 678 g/mol. The van der Waals surface area contributed by atoms with Crippen molar-refractivity contribution in [2.75, 3.05) is 6.61 Å². The topological polar surface area (TPSA) is 189 Å². The molecule has 48 heavy (non-hydrogen) atoms. The lowest BCUT2D eigenvalue weighted by Crippen LogP contribution is -2.62. The van der Waals surface area contributed by atoms with Gasteiger partial charge in [0.15, 0.2) is 18.5 Å². The van der Waals surface area contributed by atoms with Crippen LogP contribution in [0.5, 0.6) is 0 Å². The molecule has 1 saturated heterocycles. The van der Waals surface area contributed by atoms with E-state index in [-0.39, 0.29) is 42.4 Å². The van der Waals surface area contributed by atoms with Gasteiger partial charge in [0.2, 0.25) is 0 Å². The van der Waals surface area contributed by atoms with E-state index in [9.17, 15) is 34.8 Å². The molecule has 1 aliphatic rings. The molecule has 12 nitrogen and oxygen atoms in total. The molecular formula is C36H54O12. The zero-order valence-electron chi connectivity index (χ0n) is 29.0. The van der Waals surface area contributed by atoms with Gasteiger partial charge < -0.3 is 44.5 Å². The highest BCUT2D eigenvalue weighted by molar-refractivity contribution is 5.89. The maximum absolute atomic E-state index is 13.2. The second-order valence-corrected chi connectivity index (χ2v) is 12.8. The van der Waals surface area contributed by atoms with Crippen LogP contribution in [0.2, 0.25) is 0 Å². The molecule has 0 unspecified atom stereocenters. The van der Waals surface area contributed by atoms with E-state index in [0.29, 0.717) is 12.8 Å². The molecule has 0 spiro atoms. The number of ether oxygens (including phenoxy) is 4. The van der Waals surface area contributed by atoms with Crippen molar-refractivity contribution in [2.45, 2.75) is 128 Å². The van der Waals surface area contributed by atoms with Crippen LogP contribution in [0.4, 0.5) is 0 Å². The second-order valence-electron chi connectivity index (χ2n) is 12.8. The number of carbonyl (C=O) groups is 3. The predicted octanol–water partition coefficient (Wildman–Crippen LogP) is 3.99. The average Bonchev–Trinajstić information content (AvgIpc) is 3.03. The van der Waals surface area contributed by atoms with Gasteiger partial charge in [-0.05, 0) is 80.1 Å². The first-order valence-electron chi connectivity index (χ1n) is 15.9. The van der Waals surface area contributed by atoms with Crippen molar-refractivity contribution in [3.05, 3.63) is 72.9 Å². The molecule has 0 radical (unpaired) electrons. The highest BCUT2D eigenvalue weighted by Crippen LogP contribution is 2.32. The quantitative estimate of drug-likeness (QED) is 0.0709. The second kappa shape index (κ2) is 19.0. The van der Waals surface area contributed by atoms with Crippen molar-refractivity contribution in [3.8, 4) is 0 Å². The van der Waals surface area contributed by atoms with Crippen molar-refractivity contribution < 1.29 is 58.9 Å². The SMILES string of the molecule is C=C[C@@](C)(O)CC/C=C(\C)C(=O)O[C@@H]1[C@@H](O)[C@H](O[C@](C)(C=C)CC/C=C(\C)C(=O)O)O[C@H](CO)[C@H]1OC(=O)/C(C)=C/CC[C@](C)(O)C=C. The Kier molecular flexibility index (Phi) is 16.8. The Morgan fingerprint density at radius 2 is 1.19 bits per heavy atom. The number of allylic oxidation sites excluding steroid dienone is 3. The van der Waals surface area contributed by atoms with E-state index >= 15 is 0 Å². The molecule has 0 aromatic heterocycles. The number of esters is 2. The molecule has 0 amide bonds. The van der Waals surface area contributed by atoms with E-state index in [1.807, 2.05) is 0 Å². The van der Waals surface area contributed by atoms with Crippen LogP contribution in [0.25, 0.3) is 0 Å². The van der Waals surface area contributed by atoms with Gasteiger partial charge in [-0.25, -0.2) is 14.4 Å². The summed E-state index contributed by atoms with van der Waals surface area (Å²) in [5, 5.41) is 51.3. The number of rotatable bonds is 20. The van der Waals surface area contributed by atoms with Crippen LogP contribution in [0.3, 0.4) is 0 Å². The van der Waals surface area contributed by atoms with Crippen molar-refractivity contribution in [2.24, 2.45) is 0 Å². The Balaban J connectivity index is 3.37. The normalized spacial score (nSPS) is 25.9. The lowest BCUT2D eigenvalue weighted by Gasteiger charge is -2.45. The lowest BCUT2D eigenvalue weighted by molar-refractivity contribution is -0.322. The molecular weight excluding hydrogens is 624 g/mol. The highest BCUT2D eigenvalue weighted by Gasteiger charge is 2.51. The van der Waals surface area contributed by atoms with Crippen LogP contribution < -0.4 is 0 Å². The van der Waals surface area contributed by atoms with Gasteiger partial charge in [-0.2, -0.15) is 0 Å². The first kappa shape index (κ1) is 42.6. The summed E-state index contributed by atoms with van der Waals surface area (Å²) in [7, 11) is 0. The number of carbonyl (C=O) groups excluding carboxylic acids is 2. The molecule has 1 aliphatic heterocycles. The molecule has 1 rings (SSSR count). The van der Waals surface area contributed by atoms with E-state index in [4.69, 9.17) is 24.1 Å². The van der Waals surface area contributed by atoms with Crippen LogP contribution in [-0.2, 0) is 33.3 Å². The third-order valence-electron chi connectivity index (χ3n) is 8.25. The minimum Gasteiger partial charge on any atom is -0.478 e. The molecule has 5 N–H and O–H groups in total. The van der Waals surface area contributed by atoms with Gasteiger partial charge in [-0.3, -0.25) is 0 Å². The zero-order valence-corrected chi connectivity index (χ0v) is 29.0. The number of aliphatic hydroxyl groups excluding tert-OH is 2. The Morgan fingerprint density at radius 3 is 1.60 bits per heavy atom. The van der Waals surface area contributed by atoms with E-state index in [1.165, 1.54) is 45.1 Å². The molecule has 1 heterocycles. The maximum Gasteiger partial charge on any atom is 0.333 e. The molecule has 0 aromatic carbocycles. The molecule has 0 aliphatic carbocycles. The molecule has 0 saturated carbocycles. The fourth-order valence-electron chi connectivity index (χ4n) is 4.52. The summed E-state index contributed by atoms with van der Waals surface area (Å²) in [6.07, 6.45) is 3.01. The van der Waals surface area contributed by atoms with Crippen LogP contribution in [0.15, 0.2) is 72.9 Å². The van der Waals surface area contributed by atoms with E-state index in [0.717, 1.165) is 0 Å². The maximum atomic E-state index is 13.2. The summed E-state index contributed by atoms with van der Waals surface area (Å²) in [5.74, 6) is -2.75. The van der Waals surface area contributed by atoms with E-state index in [1.54, 1.807) is 32.9 Å². The minimum absolute atomic E-state index is 0.138. The molecule has 8 atom stereocenters. The van der Waals surface area contributed by atoms with Crippen LogP contribution >= 0.6 is 0 Å². The van der Waals surface area contributed by atoms with Gasteiger partial charge in [0.25, 0.3) is 0 Å². The standard InChI is InChI=1S/C36H54O12/c1-10-34(7,43)19-13-17-24(5)31(41)46-28-26(22-37)45-33(48-36(9,12-3)21-15-16-23(4)30(39)40)27(38)29(28)47-32(42)25(6)18-14-20-35(8,44)11-2/h10-12,16-18,26-29,33,37-38,43-44H,1-3,13-15,19-22H2,4-9H3,(H,39,40)/b23-16+,24-17+,25-18+/t26-,27-,28-,29-,33+,34-,35-,36-/m1/s1. The summed E-state index contributed by atoms with van der Waals surface area (Å²) in [6, 6.07) is 0. The van der Waals surface area contributed by atoms with Gasteiger partial charge in [0.05, 0.1) is 23.4 Å². The Morgan fingerprint density at radius 1 is 0.750 bits per heavy atom. The number of hydrogen-bond acceptors (Lipinski definition) is 11. The Hall–Kier alpha value is -3.39. The summed E-state index contributed by atoms with van der Waals surface area (Å²) < 4.78 is 23.3. The fourth-order valence-corrected chi connectivity index (χ4v) is 4.52. The third kappa shape index (κ3) is 13.6. The molecule has 270 valence electrons. The summed E-state index contributed by atoms with van der Waals surface area (Å²) >= 11 is 0. The van der Waals surface area contributed by atoms with Crippen LogP contribution in [0, 0.1) is 0 Å². The van der Waals surface area contributed by atoms with Crippen molar-refractivity contribution in [1.29, 1.82) is 0 Å². The largest absolute Gasteiger partial charge is 0.478 e. The Labute approximate surface area is 283 Å². The number of carboxylic acids is 1. The van der Waals surface area contributed by atoms with Crippen molar-refractivity contribution in [3.63, 3.8) is 0 Å². The zero-order chi connectivity index (χ0) is 36.9. The smallest absolute Gasteiger partial charge is 0.333 e. The molecule has 0 aromatic rings. The van der Waals surface area contributed by atoms with Crippen molar-refractivity contribution in [1.82, 2.24) is 0 Å². The highest BCUT2D eigenvalue weighted by atomic mass is 16.7.